The Balaban J connectivity index is 1.80. The van der Waals surface area contributed by atoms with Gasteiger partial charge in [0, 0.05) is 5.56 Å². The standard InChI is InChI=1S/C27H21O3P/c28-31(29-25-17-9-3-10-18-25,30-26-19-11-4-12-20-26)27(24-15-7-2-8-16-24)22-21-23-13-5-1-6-14-23/h1-20,27H. The Kier molecular flexibility index (Phi) is 6.53. The summed E-state index contributed by atoms with van der Waals surface area (Å²) < 4.78 is 26.4. The molecule has 0 amide bonds. The van der Waals surface area contributed by atoms with E-state index < -0.39 is 13.3 Å². The molecule has 0 aliphatic rings. The second-order valence-electron chi connectivity index (χ2n) is 6.80. The maximum absolute atomic E-state index is 14.3. The van der Waals surface area contributed by atoms with Crippen LogP contribution < -0.4 is 9.05 Å². The Bertz CT molecular complexity index is 1150. The Morgan fingerprint density at radius 3 is 1.48 bits per heavy atom. The van der Waals surface area contributed by atoms with Crippen molar-refractivity contribution < 1.29 is 13.6 Å². The number of rotatable bonds is 6. The van der Waals surface area contributed by atoms with E-state index in [1.54, 1.807) is 24.3 Å². The first-order valence-electron chi connectivity index (χ1n) is 9.93. The third kappa shape index (κ3) is 5.45. The van der Waals surface area contributed by atoms with E-state index >= 15 is 0 Å². The monoisotopic (exact) mass is 424 g/mol. The molecule has 0 aliphatic heterocycles. The molecule has 0 aliphatic carbocycles. The van der Waals surface area contributed by atoms with Gasteiger partial charge < -0.3 is 9.05 Å². The summed E-state index contributed by atoms with van der Waals surface area (Å²) in [6.45, 7) is 0. The fraction of sp³-hybridized carbons (Fsp3) is 0.0370. The molecule has 0 aromatic heterocycles. The molecule has 0 fully saturated rings. The minimum Gasteiger partial charge on any atom is -0.415 e. The van der Waals surface area contributed by atoms with E-state index in [9.17, 15) is 4.57 Å². The van der Waals surface area contributed by atoms with Crippen LogP contribution in [0.25, 0.3) is 0 Å². The summed E-state index contributed by atoms with van der Waals surface area (Å²) in [5.41, 5.74) is 0.810. The van der Waals surface area contributed by atoms with Crippen molar-refractivity contribution in [2.24, 2.45) is 0 Å². The third-order valence-corrected chi connectivity index (χ3v) is 6.50. The van der Waals surface area contributed by atoms with E-state index in [1.807, 2.05) is 97.1 Å². The van der Waals surface area contributed by atoms with Crippen LogP contribution in [0.15, 0.2) is 121 Å². The van der Waals surface area contributed by atoms with Crippen molar-refractivity contribution in [3.8, 4) is 23.3 Å². The second-order valence-corrected chi connectivity index (χ2v) is 8.76. The molecule has 4 aromatic carbocycles. The Morgan fingerprint density at radius 2 is 1.00 bits per heavy atom. The van der Waals surface area contributed by atoms with Gasteiger partial charge in [0.1, 0.15) is 11.5 Å². The van der Waals surface area contributed by atoms with Crippen LogP contribution in [-0.2, 0) is 4.57 Å². The molecule has 0 N–H and O–H groups in total. The molecule has 0 spiro atoms. The molecule has 4 aromatic rings. The molecule has 31 heavy (non-hydrogen) atoms. The summed E-state index contributed by atoms with van der Waals surface area (Å²) in [7, 11) is -3.81. The fourth-order valence-electron chi connectivity index (χ4n) is 3.03. The molecule has 1 atom stereocenters. The average Bonchev–Trinajstić information content (AvgIpc) is 2.82. The van der Waals surface area contributed by atoms with Crippen molar-refractivity contribution in [3.63, 3.8) is 0 Å². The summed E-state index contributed by atoms with van der Waals surface area (Å²) in [4.78, 5) is 0. The first-order valence-corrected chi connectivity index (χ1v) is 11.5. The molecule has 3 nitrogen and oxygen atoms in total. The van der Waals surface area contributed by atoms with Crippen LogP contribution in [0.4, 0.5) is 0 Å². The first kappa shape index (κ1) is 20.5. The zero-order valence-electron chi connectivity index (χ0n) is 16.8. The average molecular weight is 424 g/mol. The molecule has 0 saturated heterocycles. The maximum Gasteiger partial charge on any atom is 0.450 e. The van der Waals surface area contributed by atoms with E-state index in [-0.39, 0.29) is 0 Å². The van der Waals surface area contributed by atoms with E-state index in [1.165, 1.54) is 0 Å². The summed E-state index contributed by atoms with van der Waals surface area (Å²) in [6, 6.07) is 37.2. The summed E-state index contributed by atoms with van der Waals surface area (Å²) >= 11 is 0. The fourth-order valence-corrected chi connectivity index (χ4v) is 4.87. The SMILES string of the molecule is O=P(Oc1ccccc1)(Oc1ccccc1)C(C#Cc1ccccc1)c1ccccc1. The lowest BCUT2D eigenvalue weighted by atomic mass is 10.1. The lowest BCUT2D eigenvalue weighted by molar-refractivity contribution is 0.380. The van der Waals surface area contributed by atoms with Gasteiger partial charge in [-0.25, -0.2) is 4.57 Å². The van der Waals surface area contributed by atoms with Crippen LogP contribution in [0.2, 0.25) is 0 Å². The smallest absolute Gasteiger partial charge is 0.415 e. The molecular formula is C27H21O3P. The van der Waals surface area contributed by atoms with Crippen molar-refractivity contribution in [1.29, 1.82) is 0 Å². The Hall–Kier alpha value is -3.73. The molecule has 0 saturated carbocycles. The number of hydrogen-bond acceptors (Lipinski definition) is 3. The van der Waals surface area contributed by atoms with Gasteiger partial charge in [-0.3, -0.25) is 0 Å². The number of hydrogen-bond donors (Lipinski definition) is 0. The van der Waals surface area contributed by atoms with Gasteiger partial charge in [-0.1, -0.05) is 96.8 Å². The maximum atomic E-state index is 14.3. The van der Waals surface area contributed by atoms with Crippen molar-refractivity contribution in [3.05, 3.63) is 132 Å². The van der Waals surface area contributed by atoms with Gasteiger partial charge >= 0.3 is 7.60 Å². The van der Waals surface area contributed by atoms with Crippen LogP contribution >= 0.6 is 7.60 Å². The van der Waals surface area contributed by atoms with E-state index in [4.69, 9.17) is 9.05 Å². The number of benzene rings is 4. The molecule has 1 unspecified atom stereocenters. The zero-order valence-corrected chi connectivity index (χ0v) is 17.7. The van der Waals surface area contributed by atoms with Crippen LogP contribution in [0.5, 0.6) is 11.5 Å². The van der Waals surface area contributed by atoms with Crippen molar-refractivity contribution in [2.45, 2.75) is 5.66 Å². The van der Waals surface area contributed by atoms with Crippen molar-refractivity contribution >= 4 is 7.60 Å². The van der Waals surface area contributed by atoms with Crippen LogP contribution in [0.1, 0.15) is 16.8 Å². The first-order chi connectivity index (χ1) is 15.2. The van der Waals surface area contributed by atoms with Gasteiger partial charge in [0.15, 0.2) is 5.66 Å². The van der Waals surface area contributed by atoms with Gasteiger partial charge in [-0.15, -0.1) is 0 Å². The van der Waals surface area contributed by atoms with Gasteiger partial charge in [0.05, 0.1) is 0 Å². The highest BCUT2D eigenvalue weighted by Gasteiger charge is 2.39. The second kappa shape index (κ2) is 9.85. The molecule has 4 rings (SSSR count). The summed E-state index contributed by atoms with van der Waals surface area (Å²) in [5, 5.41) is 0. The largest absolute Gasteiger partial charge is 0.450 e. The quantitative estimate of drug-likeness (QED) is 0.244. The van der Waals surface area contributed by atoms with Gasteiger partial charge in [-0.05, 0) is 42.0 Å². The Morgan fingerprint density at radius 1 is 0.581 bits per heavy atom. The van der Waals surface area contributed by atoms with E-state index in [0.29, 0.717) is 11.5 Å². The minimum atomic E-state index is -3.81. The van der Waals surface area contributed by atoms with E-state index in [0.717, 1.165) is 11.1 Å². The Labute approximate surface area is 182 Å². The highest BCUT2D eigenvalue weighted by Crippen LogP contribution is 2.60. The summed E-state index contributed by atoms with van der Waals surface area (Å²) in [5.74, 6) is 7.23. The lowest BCUT2D eigenvalue weighted by Gasteiger charge is -2.25. The molecule has 0 heterocycles. The number of para-hydroxylation sites is 2. The predicted molar refractivity (Wildman–Crippen MR) is 124 cm³/mol. The highest BCUT2D eigenvalue weighted by molar-refractivity contribution is 7.55. The molecule has 0 radical (unpaired) electrons. The molecule has 0 bridgehead atoms. The van der Waals surface area contributed by atoms with Crippen LogP contribution in [-0.4, -0.2) is 0 Å². The summed E-state index contributed by atoms with van der Waals surface area (Å²) in [6.07, 6.45) is 0. The predicted octanol–water partition coefficient (Wildman–Crippen LogP) is 7.13. The zero-order chi connectivity index (χ0) is 21.4. The van der Waals surface area contributed by atoms with Gasteiger partial charge in [-0.2, -0.15) is 0 Å². The minimum absolute atomic E-state index is 0.462. The van der Waals surface area contributed by atoms with Crippen molar-refractivity contribution in [1.82, 2.24) is 0 Å². The third-order valence-electron chi connectivity index (χ3n) is 4.51. The van der Waals surface area contributed by atoms with Crippen LogP contribution in [0, 0.1) is 11.8 Å². The van der Waals surface area contributed by atoms with Gasteiger partial charge in [0.25, 0.3) is 0 Å². The van der Waals surface area contributed by atoms with Crippen LogP contribution in [0.3, 0.4) is 0 Å². The van der Waals surface area contributed by atoms with Crippen molar-refractivity contribution in [2.75, 3.05) is 0 Å². The molecular weight excluding hydrogens is 403 g/mol. The van der Waals surface area contributed by atoms with Gasteiger partial charge in [0.2, 0.25) is 0 Å². The topological polar surface area (TPSA) is 35.5 Å². The highest BCUT2D eigenvalue weighted by atomic mass is 31.2. The molecule has 4 heteroatoms. The van der Waals surface area contributed by atoms with E-state index in [2.05, 4.69) is 11.8 Å². The lowest BCUT2D eigenvalue weighted by Crippen LogP contribution is -2.10. The molecule has 152 valence electrons. The normalized spacial score (nSPS) is 11.6.